The maximum Gasteiger partial charge on any atom is 0.318 e. The molecule has 2 rings (SSSR count). The Hall–Kier alpha value is -1.31. The Kier molecular flexibility index (Phi) is 2.10. The summed E-state index contributed by atoms with van der Waals surface area (Å²) in [6, 6.07) is 6.02. The van der Waals surface area contributed by atoms with Crippen molar-refractivity contribution >= 4 is 5.97 Å². The zero-order valence-corrected chi connectivity index (χ0v) is 9.63. The number of hydrogen-bond donors (Lipinski definition) is 0. The molecule has 0 aromatic heterocycles. The first-order valence-electron chi connectivity index (χ1n) is 5.26. The summed E-state index contributed by atoms with van der Waals surface area (Å²) < 4.78 is 5.15. The van der Waals surface area contributed by atoms with Gasteiger partial charge in [-0.2, -0.15) is 0 Å². The fourth-order valence-electron chi connectivity index (χ4n) is 1.77. The maximum atomic E-state index is 11.4. The van der Waals surface area contributed by atoms with Crippen molar-refractivity contribution < 1.29 is 9.53 Å². The van der Waals surface area contributed by atoms with Gasteiger partial charge < -0.3 is 4.74 Å². The Labute approximate surface area is 90.3 Å². The smallest absolute Gasteiger partial charge is 0.318 e. The highest BCUT2D eigenvalue weighted by molar-refractivity contribution is 5.85. The zero-order valence-electron chi connectivity index (χ0n) is 9.63. The summed E-state index contributed by atoms with van der Waals surface area (Å²) in [7, 11) is 0. The van der Waals surface area contributed by atoms with E-state index < -0.39 is 0 Å². The number of fused-ring (bicyclic) bond motifs is 1. The average molecular weight is 204 g/mol. The summed E-state index contributed by atoms with van der Waals surface area (Å²) in [5, 5.41) is 0. The fourth-order valence-corrected chi connectivity index (χ4v) is 1.77. The van der Waals surface area contributed by atoms with Crippen molar-refractivity contribution in [3.05, 3.63) is 29.3 Å². The molecule has 1 aliphatic heterocycles. The van der Waals surface area contributed by atoms with Gasteiger partial charge in [0.05, 0.1) is 5.92 Å². The van der Waals surface area contributed by atoms with Crippen molar-refractivity contribution in [1.82, 2.24) is 0 Å². The number of carbonyl (C=O) groups excluding carboxylic acids is 1. The zero-order chi connectivity index (χ0) is 11.2. The predicted octanol–water partition coefficient (Wildman–Crippen LogP) is 3.01. The second-order valence-electron chi connectivity index (χ2n) is 5.15. The van der Waals surface area contributed by atoms with Crippen LogP contribution in [0.25, 0.3) is 0 Å². The molecule has 1 aliphatic rings. The highest BCUT2D eigenvalue weighted by Crippen LogP contribution is 2.37. The Morgan fingerprint density at radius 2 is 1.93 bits per heavy atom. The minimum absolute atomic E-state index is 0.111. The molecule has 80 valence electrons. The maximum absolute atomic E-state index is 11.4. The van der Waals surface area contributed by atoms with Crippen LogP contribution in [0.5, 0.6) is 5.75 Å². The summed E-state index contributed by atoms with van der Waals surface area (Å²) in [4.78, 5) is 11.4. The van der Waals surface area contributed by atoms with Crippen LogP contribution < -0.4 is 4.74 Å². The molecule has 1 unspecified atom stereocenters. The van der Waals surface area contributed by atoms with E-state index in [9.17, 15) is 4.79 Å². The molecule has 0 radical (unpaired) electrons. The van der Waals surface area contributed by atoms with Gasteiger partial charge in [0.1, 0.15) is 5.75 Å². The largest absolute Gasteiger partial charge is 0.426 e. The first kappa shape index (κ1) is 10.2. The molecule has 1 aromatic rings. The summed E-state index contributed by atoms with van der Waals surface area (Å²) in [5.41, 5.74) is 2.37. The minimum atomic E-state index is -0.143. The standard InChI is InChI=1S/C13H16O2/c1-8-10-7-9(13(2,3)4)5-6-11(10)15-12(8)14/h5-8H,1-4H3. The highest BCUT2D eigenvalue weighted by Gasteiger charge is 2.30. The molecular weight excluding hydrogens is 188 g/mol. The van der Waals surface area contributed by atoms with Crippen molar-refractivity contribution in [2.24, 2.45) is 0 Å². The summed E-state index contributed by atoms with van der Waals surface area (Å²) >= 11 is 0. The molecule has 2 heteroatoms. The van der Waals surface area contributed by atoms with E-state index in [0.29, 0.717) is 0 Å². The van der Waals surface area contributed by atoms with Gasteiger partial charge in [0.25, 0.3) is 0 Å². The quantitative estimate of drug-likeness (QED) is 0.479. The van der Waals surface area contributed by atoms with E-state index in [0.717, 1.165) is 11.3 Å². The van der Waals surface area contributed by atoms with Gasteiger partial charge in [-0.05, 0) is 24.0 Å². The summed E-state index contributed by atoms with van der Waals surface area (Å²) in [6.45, 7) is 8.38. The van der Waals surface area contributed by atoms with E-state index in [1.807, 2.05) is 19.1 Å². The predicted molar refractivity (Wildman–Crippen MR) is 59.2 cm³/mol. The third-order valence-corrected chi connectivity index (χ3v) is 2.91. The monoisotopic (exact) mass is 204 g/mol. The Bertz CT molecular complexity index is 413. The number of hydrogen-bond acceptors (Lipinski definition) is 2. The van der Waals surface area contributed by atoms with Gasteiger partial charge in [0.2, 0.25) is 0 Å². The lowest BCUT2D eigenvalue weighted by molar-refractivity contribution is -0.133. The number of rotatable bonds is 0. The molecule has 0 spiro atoms. The first-order valence-corrected chi connectivity index (χ1v) is 5.26. The van der Waals surface area contributed by atoms with Crippen LogP contribution in [-0.2, 0) is 10.2 Å². The van der Waals surface area contributed by atoms with E-state index in [2.05, 4.69) is 26.8 Å². The van der Waals surface area contributed by atoms with Gasteiger partial charge in [-0.25, -0.2) is 0 Å². The number of benzene rings is 1. The average Bonchev–Trinajstić information content (AvgIpc) is 2.41. The Morgan fingerprint density at radius 1 is 1.27 bits per heavy atom. The van der Waals surface area contributed by atoms with Crippen LogP contribution in [0, 0.1) is 0 Å². The molecule has 0 bridgehead atoms. The fraction of sp³-hybridized carbons (Fsp3) is 0.462. The van der Waals surface area contributed by atoms with Gasteiger partial charge >= 0.3 is 5.97 Å². The molecule has 0 saturated carbocycles. The van der Waals surface area contributed by atoms with Crippen LogP contribution in [0.15, 0.2) is 18.2 Å². The lowest BCUT2D eigenvalue weighted by atomic mass is 9.85. The van der Waals surface area contributed by atoms with Crippen LogP contribution in [-0.4, -0.2) is 5.97 Å². The molecule has 0 fully saturated rings. The molecule has 0 amide bonds. The molecule has 1 atom stereocenters. The third-order valence-electron chi connectivity index (χ3n) is 2.91. The SMILES string of the molecule is CC1C(=O)Oc2ccc(C(C)(C)C)cc21. The molecule has 0 N–H and O–H groups in total. The van der Waals surface area contributed by atoms with Crippen molar-refractivity contribution in [3.8, 4) is 5.75 Å². The van der Waals surface area contributed by atoms with Crippen molar-refractivity contribution in [2.75, 3.05) is 0 Å². The van der Waals surface area contributed by atoms with Crippen LogP contribution in [0.3, 0.4) is 0 Å². The van der Waals surface area contributed by atoms with Gasteiger partial charge in [-0.3, -0.25) is 4.79 Å². The lowest BCUT2D eigenvalue weighted by Gasteiger charge is -2.19. The molecule has 15 heavy (non-hydrogen) atoms. The van der Waals surface area contributed by atoms with Crippen LogP contribution in [0.1, 0.15) is 44.7 Å². The van der Waals surface area contributed by atoms with Crippen LogP contribution in [0.4, 0.5) is 0 Å². The summed E-state index contributed by atoms with van der Waals surface area (Å²) in [6.07, 6.45) is 0. The molecule has 0 aliphatic carbocycles. The Balaban J connectivity index is 2.49. The third kappa shape index (κ3) is 1.65. The molecule has 0 saturated heterocycles. The van der Waals surface area contributed by atoms with Crippen molar-refractivity contribution in [2.45, 2.75) is 39.0 Å². The number of ether oxygens (including phenoxy) is 1. The molecule has 1 heterocycles. The van der Waals surface area contributed by atoms with E-state index >= 15 is 0 Å². The van der Waals surface area contributed by atoms with E-state index in [-0.39, 0.29) is 17.3 Å². The highest BCUT2D eigenvalue weighted by atomic mass is 16.5. The van der Waals surface area contributed by atoms with E-state index in [1.165, 1.54) is 5.56 Å². The van der Waals surface area contributed by atoms with E-state index in [4.69, 9.17) is 4.74 Å². The number of carbonyl (C=O) groups is 1. The normalized spacial score (nSPS) is 20.0. The number of esters is 1. The molecule has 2 nitrogen and oxygen atoms in total. The first-order chi connectivity index (χ1) is 6.89. The van der Waals surface area contributed by atoms with Gasteiger partial charge in [-0.1, -0.05) is 32.9 Å². The van der Waals surface area contributed by atoms with Gasteiger partial charge in [-0.15, -0.1) is 0 Å². The van der Waals surface area contributed by atoms with Gasteiger partial charge in [0.15, 0.2) is 0 Å². The molecule has 1 aromatic carbocycles. The molecular formula is C13H16O2. The van der Waals surface area contributed by atoms with Gasteiger partial charge in [0, 0.05) is 5.56 Å². The van der Waals surface area contributed by atoms with Crippen molar-refractivity contribution in [1.29, 1.82) is 0 Å². The Morgan fingerprint density at radius 3 is 2.53 bits per heavy atom. The van der Waals surface area contributed by atoms with Crippen LogP contribution >= 0.6 is 0 Å². The van der Waals surface area contributed by atoms with E-state index in [1.54, 1.807) is 0 Å². The second kappa shape index (κ2) is 3.09. The van der Waals surface area contributed by atoms with Crippen LogP contribution in [0.2, 0.25) is 0 Å². The minimum Gasteiger partial charge on any atom is -0.426 e. The second-order valence-corrected chi connectivity index (χ2v) is 5.15. The summed E-state index contributed by atoms with van der Waals surface area (Å²) in [5.74, 6) is 0.457. The lowest BCUT2D eigenvalue weighted by Crippen LogP contribution is -2.11. The topological polar surface area (TPSA) is 26.3 Å². The van der Waals surface area contributed by atoms with Crippen molar-refractivity contribution in [3.63, 3.8) is 0 Å².